The lowest BCUT2D eigenvalue weighted by Gasteiger charge is -2.09. The van der Waals surface area contributed by atoms with E-state index in [0.717, 1.165) is 43.1 Å². The average molecular weight is 283 g/mol. The highest BCUT2D eigenvalue weighted by atomic mass is 32.2. The minimum Gasteiger partial charge on any atom is -0.378 e. The van der Waals surface area contributed by atoms with Crippen LogP contribution in [0.3, 0.4) is 0 Å². The number of aromatic nitrogens is 1. The van der Waals surface area contributed by atoms with Crippen molar-refractivity contribution in [1.82, 2.24) is 4.57 Å². The summed E-state index contributed by atoms with van der Waals surface area (Å²) in [6.45, 7) is 2.34. The van der Waals surface area contributed by atoms with Crippen molar-refractivity contribution in [2.45, 2.75) is 24.7 Å². The minimum absolute atomic E-state index is 0.0488. The zero-order valence-corrected chi connectivity index (χ0v) is 12.2. The largest absolute Gasteiger partial charge is 0.378 e. The van der Waals surface area contributed by atoms with E-state index in [4.69, 9.17) is 9.47 Å². The molecule has 1 aromatic rings. The summed E-state index contributed by atoms with van der Waals surface area (Å²) >= 11 is 1.79. The van der Waals surface area contributed by atoms with Crippen LogP contribution in [0.5, 0.6) is 0 Å². The molecule has 0 N–H and O–H groups in total. The summed E-state index contributed by atoms with van der Waals surface area (Å²) in [7, 11) is 1.76. The van der Waals surface area contributed by atoms with E-state index in [1.54, 1.807) is 29.4 Å². The first-order chi connectivity index (χ1) is 9.25. The molecule has 1 aromatic heterocycles. The Morgan fingerprint density at radius 3 is 3.21 bits per heavy atom. The first kappa shape index (κ1) is 14.6. The van der Waals surface area contributed by atoms with Gasteiger partial charge in [0.25, 0.3) is 5.56 Å². The molecule has 0 spiro atoms. The molecule has 1 aliphatic heterocycles. The van der Waals surface area contributed by atoms with Gasteiger partial charge >= 0.3 is 0 Å². The van der Waals surface area contributed by atoms with Crippen LogP contribution in [0.15, 0.2) is 23.1 Å². The fraction of sp³-hybridized carbons (Fsp3) is 0.643. The molecule has 1 unspecified atom stereocenters. The number of hydrogen-bond acceptors (Lipinski definition) is 4. The normalized spacial score (nSPS) is 18.9. The summed E-state index contributed by atoms with van der Waals surface area (Å²) < 4.78 is 12.7. The van der Waals surface area contributed by atoms with Crippen molar-refractivity contribution < 1.29 is 9.47 Å². The molecule has 1 fully saturated rings. The van der Waals surface area contributed by atoms with E-state index in [1.165, 1.54) is 0 Å². The van der Waals surface area contributed by atoms with Crippen LogP contribution in [0.4, 0.5) is 0 Å². The first-order valence-electron chi connectivity index (χ1n) is 6.68. The van der Waals surface area contributed by atoms with Crippen molar-refractivity contribution in [3.8, 4) is 0 Å². The molecule has 0 radical (unpaired) electrons. The van der Waals surface area contributed by atoms with Crippen molar-refractivity contribution in [3.05, 3.63) is 34.2 Å². The Hall–Kier alpha value is -0.780. The quantitative estimate of drug-likeness (QED) is 0.716. The van der Waals surface area contributed by atoms with Gasteiger partial charge in [-0.15, -0.1) is 0 Å². The van der Waals surface area contributed by atoms with Crippen molar-refractivity contribution >= 4 is 11.8 Å². The van der Waals surface area contributed by atoms with Gasteiger partial charge in [-0.2, -0.15) is 11.8 Å². The van der Waals surface area contributed by atoms with Gasteiger partial charge in [0, 0.05) is 37.4 Å². The highest BCUT2D eigenvalue weighted by Crippen LogP contribution is 2.13. The van der Waals surface area contributed by atoms with Crippen molar-refractivity contribution in [3.63, 3.8) is 0 Å². The summed E-state index contributed by atoms with van der Waals surface area (Å²) in [5.74, 6) is 1.81. The summed E-state index contributed by atoms with van der Waals surface area (Å²) in [5, 5.41) is 0. The maximum Gasteiger partial charge on any atom is 0.250 e. The second-order valence-electron chi connectivity index (χ2n) is 4.75. The maximum atomic E-state index is 11.4. The Labute approximate surface area is 118 Å². The molecule has 0 amide bonds. The second kappa shape index (κ2) is 7.72. The molecular weight excluding hydrogens is 262 g/mol. The van der Waals surface area contributed by atoms with Gasteiger partial charge in [0.1, 0.15) is 0 Å². The SMILES string of the molecule is Cn1ccc(CSCCOCC2CCCO2)cc1=O. The molecule has 1 aliphatic rings. The van der Waals surface area contributed by atoms with Gasteiger partial charge in [-0.05, 0) is 24.5 Å². The van der Waals surface area contributed by atoms with E-state index in [9.17, 15) is 4.79 Å². The van der Waals surface area contributed by atoms with Crippen LogP contribution in [0.25, 0.3) is 0 Å². The molecule has 2 heterocycles. The number of nitrogens with zero attached hydrogens (tertiary/aromatic N) is 1. The Kier molecular flexibility index (Phi) is 5.94. The number of ether oxygens (including phenoxy) is 2. The highest BCUT2D eigenvalue weighted by Gasteiger charge is 2.14. The molecule has 0 bridgehead atoms. The standard InChI is InChI=1S/C14H21NO3S/c1-15-5-4-12(9-14(15)16)11-19-8-7-17-10-13-3-2-6-18-13/h4-5,9,13H,2-3,6-8,10-11H2,1H3. The van der Waals surface area contributed by atoms with Gasteiger partial charge in [0.15, 0.2) is 0 Å². The Morgan fingerprint density at radius 2 is 2.47 bits per heavy atom. The summed E-state index contributed by atoms with van der Waals surface area (Å²) in [6.07, 6.45) is 4.40. The zero-order chi connectivity index (χ0) is 13.5. The molecule has 106 valence electrons. The van der Waals surface area contributed by atoms with Crippen LogP contribution in [0, 0.1) is 0 Å². The summed E-state index contributed by atoms with van der Waals surface area (Å²) in [6, 6.07) is 3.68. The lowest BCUT2D eigenvalue weighted by atomic mass is 10.2. The van der Waals surface area contributed by atoms with Crippen LogP contribution in [0.1, 0.15) is 18.4 Å². The van der Waals surface area contributed by atoms with Crippen LogP contribution in [-0.4, -0.2) is 36.2 Å². The monoisotopic (exact) mass is 283 g/mol. The molecule has 5 heteroatoms. The first-order valence-corrected chi connectivity index (χ1v) is 7.84. The predicted molar refractivity (Wildman–Crippen MR) is 77.6 cm³/mol. The van der Waals surface area contributed by atoms with Gasteiger partial charge in [0.2, 0.25) is 0 Å². The third kappa shape index (κ3) is 5.01. The molecule has 19 heavy (non-hydrogen) atoms. The topological polar surface area (TPSA) is 40.5 Å². The molecule has 0 aromatic carbocycles. The molecule has 1 atom stereocenters. The smallest absolute Gasteiger partial charge is 0.250 e. The molecule has 2 rings (SSSR count). The van der Waals surface area contributed by atoms with Crippen molar-refractivity contribution in [1.29, 1.82) is 0 Å². The van der Waals surface area contributed by atoms with Gasteiger partial charge in [-0.25, -0.2) is 0 Å². The van der Waals surface area contributed by atoms with Crippen LogP contribution in [0.2, 0.25) is 0 Å². The Morgan fingerprint density at radius 1 is 1.58 bits per heavy atom. The number of thioether (sulfide) groups is 1. The molecule has 0 aliphatic carbocycles. The molecular formula is C14H21NO3S. The van der Waals surface area contributed by atoms with E-state index < -0.39 is 0 Å². The molecule has 1 saturated heterocycles. The maximum absolute atomic E-state index is 11.4. The number of hydrogen-bond donors (Lipinski definition) is 0. The van der Waals surface area contributed by atoms with Crippen LogP contribution < -0.4 is 5.56 Å². The van der Waals surface area contributed by atoms with Crippen LogP contribution in [-0.2, 0) is 22.3 Å². The lowest BCUT2D eigenvalue weighted by Crippen LogP contribution is -2.15. The van der Waals surface area contributed by atoms with Gasteiger partial charge in [-0.3, -0.25) is 4.79 Å². The van der Waals surface area contributed by atoms with E-state index in [0.29, 0.717) is 12.7 Å². The van der Waals surface area contributed by atoms with E-state index in [1.807, 2.05) is 12.3 Å². The van der Waals surface area contributed by atoms with E-state index in [-0.39, 0.29) is 5.56 Å². The fourth-order valence-electron chi connectivity index (χ4n) is 1.98. The summed E-state index contributed by atoms with van der Waals surface area (Å²) in [4.78, 5) is 11.4. The number of rotatable bonds is 7. The lowest BCUT2D eigenvalue weighted by molar-refractivity contribution is 0.0226. The molecule has 4 nitrogen and oxygen atoms in total. The number of pyridine rings is 1. The van der Waals surface area contributed by atoms with E-state index in [2.05, 4.69) is 0 Å². The number of aryl methyl sites for hydroxylation is 1. The molecule has 0 saturated carbocycles. The second-order valence-corrected chi connectivity index (χ2v) is 5.85. The zero-order valence-electron chi connectivity index (χ0n) is 11.3. The van der Waals surface area contributed by atoms with Gasteiger partial charge < -0.3 is 14.0 Å². The highest BCUT2D eigenvalue weighted by molar-refractivity contribution is 7.98. The Balaban J connectivity index is 1.56. The van der Waals surface area contributed by atoms with E-state index >= 15 is 0 Å². The Bertz CT molecular complexity index is 441. The third-order valence-electron chi connectivity index (χ3n) is 3.14. The average Bonchev–Trinajstić information content (AvgIpc) is 2.91. The fourth-order valence-corrected chi connectivity index (χ4v) is 2.77. The predicted octanol–water partition coefficient (Wildman–Crippen LogP) is 1.81. The third-order valence-corrected chi connectivity index (χ3v) is 4.13. The van der Waals surface area contributed by atoms with Gasteiger partial charge in [-0.1, -0.05) is 0 Å². The van der Waals surface area contributed by atoms with Crippen LogP contribution >= 0.6 is 11.8 Å². The minimum atomic E-state index is 0.0488. The van der Waals surface area contributed by atoms with Gasteiger partial charge in [0.05, 0.1) is 19.3 Å². The summed E-state index contributed by atoms with van der Waals surface area (Å²) in [5.41, 5.74) is 1.12. The van der Waals surface area contributed by atoms with Crippen molar-refractivity contribution in [2.24, 2.45) is 7.05 Å². The van der Waals surface area contributed by atoms with Crippen molar-refractivity contribution in [2.75, 3.05) is 25.6 Å².